The summed E-state index contributed by atoms with van der Waals surface area (Å²) in [7, 11) is 4.11. The number of imidazole rings is 1. The minimum atomic E-state index is -0.706. The Bertz CT molecular complexity index is 1660. The van der Waals surface area contributed by atoms with E-state index in [2.05, 4.69) is 45.5 Å². The lowest BCUT2D eigenvalue weighted by molar-refractivity contribution is 0.0705. The number of rotatable bonds is 10. The Morgan fingerprint density at radius 1 is 1.21 bits per heavy atom. The van der Waals surface area contributed by atoms with Crippen molar-refractivity contribution in [2.24, 2.45) is 0 Å². The summed E-state index contributed by atoms with van der Waals surface area (Å²) in [4.78, 5) is 26.2. The van der Waals surface area contributed by atoms with Crippen molar-refractivity contribution in [1.82, 2.24) is 29.5 Å². The summed E-state index contributed by atoms with van der Waals surface area (Å²) in [5.74, 6) is 1.93. The number of nitrogens with one attached hydrogen (secondary N) is 2. The zero-order valence-electron chi connectivity index (χ0n) is 23.9. The van der Waals surface area contributed by atoms with Crippen LogP contribution in [0.1, 0.15) is 23.2 Å². The second-order valence-corrected chi connectivity index (χ2v) is 11.3. The number of benzene rings is 2. The highest BCUT2D eigenvalue weighted by molar-refractivity contribution is 6.34. The highest BCUT2D eigenvalue weighted by Crippen LogP contribution is 2.36. The molecule has 3 heterocycles. The number of hydrogen-bond donors (Lipinski definition) is 2. The van der Waals surface area contributed by atoms with E-state index in [1.54, 1.807) is 47.3 Å². The van der Waals surface area contributed by atoms with Crippen LogP contribution in [0.15, 0.2) is 48.9 Å². The molecule has 0 atom stereocenters. The molecule has 224 valence electrons. The number of anilines is 2. The van der Waals surface area contributed by atoms with E-state index < -0.39 is 5.82 Å². The first-order chi connectivity index (χ1) is 20.8. The highest BCUT2D eigenvalue weighted by atomic mass is 35.5. The van der Waals surface area contributed by atoms with Gasteiger partial charge < -0.3 is 25.2 Å². The molecule has 1 saturated heterocycles. The quantitative estimate of drug-likeness (QED) is 0.230. The smallest absolute Gasteiger partial charge is 0.255 e. The molecule has 1 aliphatic heterocycles. The summed E-state index contributed by atoms with van der Waals surface area (Å²) in [6.45, 7) is 3.19. The summed E-state index contributed by atoms with van der Waals surface area (Å²) >= 11 is 13.0. The molecule has 9 nitrogen and oxygen atoms in total. The lowest BCUT2D eigenvalue weighted by Gasteiger charge is -2.33. The lowest BCUT2D eigenvalue weighted by Crippen LogP contribution is -2.46. The summed E-state index contributed by atoms with van der Waals surface area (Å²) in [5.41, 5.74) is 2.56. The first-order valence-electron chi connectivity index (χ1n) is 13.9. The second-order valence-electron chi connectivity index (χ2n) is 10.5. The number of aromatic nitrogens is 3. The van der Waals surface area contributed by atoms with E-state index in [1.807, 2.05) is 4.90 Å². The highest BCUT2D eigenvalue weighted by Gasteiger charge is 2.25. The van der Waals surface area contributed by atoms with Crippen LogP contribution < -0.4 is 15.4 Å². The third-order valence-corrected chi connectivity index (χ3v) is 7.98. The van der Waals surface area contributed by atoms with Gasteiger partial charge in [0.25, 0.3) is 5.91 Å². The van der Waals surface area contributed by atoms with Crippen molar-refractivity contribution in [2.75, 3.05) is 52.2 Å². The van der Waals surface area contributed by atoms with E-state index in [4.69, 9.17) is 34.4 Å². The average Bonchev–Trinajstić information content (AvgIpc) is 3.43. The molecule has 1 fully saturated rings. The molecule has 0 saturated carbocycles. The first-order valence-corrected chi connectivity index (χ1v) is 14.6. The molecule has 2 N–H and O–H groups in total. The maximum atomic E-state index is 14.9. The minimum absolute atomic E-state index is 0.0274. The van der Waals surface area contributed by atoms with Crippen molar-refractivity contribution in [2.45, 2.75) is 18.9 Å². The first kappa shape index (κ1) is 30.6. The average molecular weight is 625 g/mol. The maximum absolute atomic E-state index is 14.9. The van der Waals surface area contributed by atoms with Crippen molar-refractivity contribution >= 4 is 46.3 Å². The van der Waals surface area contributed by atoms with Crippen molar-refractivity contribution in [3.8, 4) is 29.4 Å². The lowest BCUT2D eigenvalue weighted by atomic mass is 10.0. The van der Waals surface area contributed by atoms with E-state index in [9.17, 15) is 9.18 Å². The third kappa shape index (κ3) is 6.86. The van der Waals surface area contributed by atoms with Gasteiger partial charge in [-0.05, 0) is 57.3 Å². The number of carbonyl (C=O) groups excluding carboxylic acids is 1. The molecule has 0 radical (unpaired) electrons. The number of halogens is 3. The topological polar surface area (TPSA) is 87.0 Å². The summed E-state index contributed by atoms with van der Waals surface area (Å²) in [6, 6.07) is 8.73. The molecule has 0 spiro atoms. The molecule has 12 heteroatoms. The van der Waals surface area contributed by atoms with E-state index in [-0.39, 0.29) is 23.3 Å². The monoisotopic (exact) mass is 623 g/mol. The van der Waals surface area contributed by atoms with E-state index in [0.717, 1.165) is 25.9 Å². The molecular weight excluding hydrogens is 592 g/mol. The Hall–Kier alpha value is -3.88. The van der Waals surface area contributed by atoms with Crippen LogP contribution in [0, 0.1) is 18.2 Å². The van der Waals surface area contributed by atoms with Gasteiger partial charge in [0.05, 0.1) is 27.5 Å². The van der Waals surface area contributed by atoms with E-state index in [1.165, 1.54) is 6.07 Å². The molecule has 0 bridgehead atoms. The van der Waals surface area contributed by atoms with Crippen molar-refractivity contribution in [1.29, 1.82) is 0 Å². The fourth-order valence-corrected chi connectivity index (χ4v) is 5.53. The predicted molar refractivity (Wildman–Crippen MR) is 168 cm³/mol. The van der Waals surface area contributed by atoms with Crippen LogP contribution in [-0.2, 0) is 0 Å². The molecule has 1 amide bonds. The van der Waals surface area contributed by atoms with Gasteiger partial charge in [0, 0.05) is 55.9 Å². The second kappa shape index (κ2) is 13.6. The van der Waals surface area contributed by atoms with Gasteiger partial charge in [0.2, 0.25) is 0 Å². The number of amides is 1. The van der Waals surface area contributed by atoms with Crippen LogP contribution in [0.5, 0.6) is 5.75 Å². The predicted octanol–water partition coefficient (Wildman–Crippen LogP) is 5.35. The molecule has 0 aliphatic carbocycles. The van der Waals surface area contributed by atoms with Crippen molar-refractivity contribution in [3.63, 3.8) is 0 Å². The van der Waals surface area contributed by atoms with Gasteiger partial charge in [-0.2, -0.15) is 0 Å². The summed E-state index contributed by atoms with van der Waals surface area (Å²) in [6.07, 6.45) is 11.9. The van der Waals surface area contributed by atoms with Crippen LogP contribution in [0.3, 0.4) is 0 Å². The molecule has 4 aromatic rings. The van der Waals surface area contributed by atoms with Gasteiger partial charge in [0.15, 0.2) is 23.0 Å². The number of likely N-dealkylation sites (tertiary alicyclic amines) is 1. The van der Waals surface area contributed by atoms with Gasteiger partial charge in [-0.15, -0.1) is 6.42 Å². The molecule has 5 rings (SSSR count). The van der Waals surface area contributed by atoms with E-state index in [0.29, 0.717) is 58.1 Å². The maximum Gasteiger partial charge on any atom is 0.255 e. The standard InChI is InChI=1S/C31H32Cl2FN7O2/c1-4-17-43-26-8-7-23(27(33)28(26)34)25-19-37-30-29(36-12-16-41(25)30)38-21-5-6-22(24(32)18-21)31(42)40-13-9-20(10-14-40)35-11-15-39(2)3/h1,5-8,12,16,18-20,35H,9-11,13-15,17H2,2-3H3,(H,36,38). The molecule has 2 aromatic carbocycles. The zero-order chi connectivity index (χ0) is 30.5. The van der Waals surface area contributed by atoms with Crippen LogP contribution in [0.25, 0.3) is 16.9 Å². The van der Waals surface area contributed by atoms with Gasteiger partial charge >= 0.3 is 0 Å². The van der Waals surface area contributed by atoms with Gasteiger partial charge in [-0.25, -0.2) is 14.4 Å². The SMILES string of the molecule is C#CCOc1ccc(-c2cnc3c(Nc4ccc(C(=O)N5CCC(NCCN(C)C)CC5)c(Cl)c4)nccn23)c(Cl)c1F. The number of ether oxygens (including phenoxy) is 1. The molecule has 1 aliphatic rings. The van der Waals surface area contributed by atoms with Gasteiger partial charge in [-0.1, -0.05) is 29.1 Å². The zero-order valence-corrected chi connectivity index (χ0v) is 25.4. The Balaban J connectivity index is 1.29. The number of carbonyl (C=O) groups is 1. The number of hydrogen-bond acceptors (Lipinski definition) is 7. The molecular formula is C31H32Cl2FN7O2. The molecule has 0 unspecified atom stereocenters. The summed E-state index contributed by atoms with van der Waals surface area (Å²) < 4.78 is 21.8. The van der Waals surface area contributed by atoms with Crippen LogP contribution in [0.4, 0.5) is 15.9 Å². The largest absolute Gasteiger partial charge is 0.478 e. The van der Waals surface area contributed by atoms with Crippen LogP contribution in [0.2, 0.25) is 10.0 Å². The van der Waals surface area contributed by atoms with Gasteiger partial charge in [-0.3, -0.25) is 9.20 Å². The van der Waals surface area contributed by atoms with Crippen molar-refractivity contribution < 1.29 is 13.9 Å². The number of likely N-dealkylation sites (N-methyl/N-ethyl adjacent to an activating group) is 1. The third-order valence-electron chi connectivity index (χ3n) is 7.30. The van der Waals surface area contributed by atoms with E-state index >= 15 is 0 Å². The number of nitrogens with zero attached hydrogens (tertiary/aromatic N) is 5. The Labute approximate surface area is 260 Å². The fourth-order valence-electron chi connectivity index (χ4n) is 5.02. The number of piperidine rings is 1. The van der Waals surface area contributed by atoms with Crippen LogP contribution >= 0.6 is 23.2 Å². The summed E-state index contributed by atoms with van der Waals surface area (Å²) in [5, 5.41) is 7.03. The normalized spacial score (nSPS) is 13.8. The molecule has 43 heavy (non-hydrogen) atoms. The Morgan fingerprint density at radius 2 is 2.00 bits per heavy atom. The fraction of sp³-hybridized carbons (Fsp3) is 0.323. The number of fused-ring (bicyclic) bond motifs is 1. The minimum Gasteiger partial charge on any atom is -0.478 e. The molecule has 2 aromatic heterocycles. The van der Waals surface area contributed by atoms with Crippen LogP contribution in [-0.4, -0.2) is 83.0 Å². The van der Waals surface area contributed by atoms with Crippen molar-refractivity contribution in [3.05, 3.63) is 70.3 Å². The Kier molecular flexibility index (Phi) is 9.68. The number of terminal acetylenes is 1. The van der Waals surface area contributed by atoms with Gasteiger partial charge in [0.1, 0.15) is 6.61 Å². The Morgan fingerprint density at radius 3 is 2.72 bits per heavy atom.